The second-order valence-electron chi connectivity index (χ2n) is 9.04. The molecule has 0 radical (unpaired) electrons. The Kier molecular flexibility index (Phi) is 12.4. The van der Waals surface area contributed by atoms with Crippen LogP contribution in [-0.4, -0.2) is 51.4 Å². The molecule has 2 aromatic carbocycles. The third kappa shape index (κ3) is 9.71. The van der Waals surface area contributed by atoms with Crippen molar-refractivity contribution in [2.75, 3.05) is 11.5 Å². The van der Waals surface area contributed by atoms with Gasteiger partial charge in [0.25, 0.3) is 0 Å². The zero-order valence-corrected chi connectivity index (χ0v) is 22.3. The standard InChI is InChI=1S/C26H33ClN4O5S/c1-16(2)12-20(25(33)29-22(24(28)32)13-17-6-4-3-5-7-17)21(26(34)31-36)14-37-15-23(30-35)18-8-10-19(27)11-9-18/h3-11,16,20-22,35-36H,12-15H2,1-2H3,(H2,28,32)(H,29,33)(H,31,34)/b30-23-/t20-,21+,22+/m1/s1. The Labute approximate surface area is 225 Å². The molecule has 0 bridgehead atoms. The highest BCUT2D eigenvalue weighted by atomic mass is 35.5. The zero-order chi connectivity index (χ0) is 27.4. The minimum absolute atomic E-state index is 0.0412. The van der Waals surface area contributed by atoms with E-state index in [1.54, 1.807) is 29.7 Å². The molecule has 3 atom stereocenters. The number of primary amides is 1. The van der Waals surface area contributed by atoms with E-state index in [0.717, 1.165) is 5.56 Å². The number of rotatable bonds is 14. The minimum Gasteiger partial charge on any atom is -0.411 e. The van der Waals surface area contributed by atoms with Crippen molar-refractivity contribution < 1.29 is 24.8 Å². The van der Waals surface area contributed by atoms with E-state index >= 15 is 0 Å². The number of carbonyl (C=O) groups is 3. The molecular formula is C26H33ClN4O5S. The number of hydrogen-bond donors (Lipinski definition) is 5. The third-order valence-electron chi connectivity index (χ3n) is 5.77. The molecule has 200 valence electrons. The number of benzene rings is 2. The van der Waals surface area contributed by atoms with Crippen LogP contribution >= 0.6 is 23.4 Å². The number of carbonyl (C=O) groups excluding carboxylic acids is 3. The summed E-state index contributed by atoms with van der Waals surface area (Å²) in [5.41, 5.74) is 9.08. The van der Waals surface area contributed by atoms with Crippen molar-refractivity contribution in [1.82, 2.24) is 10.8 Å². The number of nitrogens with one attached hydrogen (secondary N) is 2. The lowest BCUT2D eigenvalue weighted by molar-refractivity contribution is -0.140. The molecule has 0 heterocycles. The monoisotopic (exact) mass is 548 g/mol. The number of hydrogen-bond acceptors (Lipinski definition) is 7. The normalized spacial score (nSPS) is 14.0. The molecule has 37 heavy (non-hydrogen) atoms. The fourth-order valence-electron chi connectivity index (χ4n) is 3.87. The molecule has 3 amide bonds. The molecule has 0 saturated heterocycles. The van der Waals surface area contributed by atoms with Crippen molar-refractivity contribution in [3.8, 4) is 0 Å². The average molecular weight is 549 g/mol. The first-order valence-electron chi connectivity index (χ1n) is 11.8. The predicted molar refractivity (Wildman–Crippen MR) is 145 cm³/mol. The van der Waals surface area contributed by atoms with Crippen molar-refractivity contribution in [3.05, 3.63) is 70.7 Å². The van der Waals surface area contributed by atoms with Crippen molar-refractivity contribution >= 4 is 46.8 Å². The molecule has 11 heteroatoms. The van der Waals surface area contributed by atoms with Gasteiger partial charge in [0.15, 0.2) is 0 Å². The van der Waals surface area contributed by atoms with E-state index in [1.807, 2.05) is 44.2 Å². The molecular weight excluding hydrogens is 516 g/mol. The Balaban J connectivity index is 2.18. The van der Waals surface area contributed by atoms with Crippen LogP contribution in [0.5, 0.6) is 0 Å². The van der Waals surface area contributed by atoms with Gasteiger partial charge in [-0.05, 0) is 30.0 Å². The molecule has 2 rings (SSSR count). The van der Waals surface area contributed by atoms with Crippen LogP contribution in [0.15, 0.2) is 59.8 Å². The highest BCUT2D eigenvalue weighted by Crippen LogP contribution is 2.26. The largest absolute Gasteiger partial charge is 0.411 e. The molecule has 0 aliphatic rings. The van der Waals surface area contributed by atoms with Crippen LogP contribution in [0.1, 0.15) is 31.4 Å². The van der Waals surface area contributed by atoms with Gasteiger partial charge in [0.2, 0.25) is 17.7 Å². The van der Waals surface area contributed by atoms with Gasteiger partial charge in [0.1, 0.15) is 6.04 Å². The summed E-state index contributed by atoms with van der Waals surface area (Å²) in [5, 5.41) is 25.5. The molecule has 0 spiro atoms. The van der Waals surface area contributed by atoms with Crippen LogP contribution in [0.25, 0.3) is 0 Å². The van der Waals surface area contributed by atoms with E-state index in [0.29, 0.717) is 22.7 Å². The van der Waals surface area contributed by atoms with Crippen LogP contribution in [-0.2, 0) is 20.8 Å². The molecule has 0 unspecified atom stereocenters. The fourth-order valence-corrected chi connectivity index (χ4v) is 5.16. The molecule has 0 saturated carbocycles. The molecule has 2 aromatic rings. The maximum atomic E-state index is 13.4. The van der Waals surface area contributed by atoms with Crippen molar-refractivity contribution in [2.45, 2.75) is 32.7 Å². The second kappa shape index (κ2) is 15.2. The van der Waals surface area contributed by atoms with Crippen LogP contribution in [0, 0.1) is 17.8 Å². The molecule has 0 aliphatic heterocycles. The fraction of sp³-hybridized carbons (Fsp3) is 0.385. The molecule has 0 aliphatic carbocycles. The maximum Gasteiger partial charge on any atom is 0.248 e. The molecule has 9 nitrogen and oxygen atoms in total. The molecule has 0 fully saturated rings. The summed E-state index contributed by atoms with van der Waals surface area (Å²) in [7, 11) is 0. The van der Waals surface area contributed by atoms with Crippen molar-refractivity contribution in [3.63, 3.8) is 0 Å². The van der Waals surface area contributed by atoms with Gasteiger partial charge in [-0.2, -0.15) is 11.8 Å². The van der Waals surface area contributed by atoms with Crippen LogP contribution in [0.4, 0.5) is 0 Å². The summed E-state index contributed by atoms with van der Waals surface area (Å²) >= 11 is 7.19. The van der Waals surface area contributed by atoms with E-state index in [4.69, 9.17) is 17.3 Å². The first-order valence-corrected chi connectivity index (χ1v) is 13.3. The van der Waals surface area contributed by atoms with Crippen molar-refractivity contribution in [1.29, 1.82) is 0 Å². The van der Waals surface area contributed by atoms with Gasteiger partial charge in [-0.3, -0.25) is 19.6 Å². The van der Waals surface area contributed by atoms with Gasteiger partial charge < -0.3 is 16.3 Å². The molecule has 6 N–H and O–H groups in total. The first-order chi connectivity index (χ1) is 17.7. The van der Waals surface area contributed by atoms with Gasteiger partial charge in [-0.1, -0.05) is 73.1 Å². The number of oxime groups is 1. The summed E-state index contributed by atoms with van der Waals surface area (Å²) in [4.78, 5) is 38.2. The van der Waals surface area contributed by atoms with E-state index in [9.17, 15) is 24.8 Å². The maximum absolute atomic E-state index is 13.4. The third-order valence-corrected chi connectivity index (χ3v) is 7.10. The predicted octanol–water partition coefficient (Wildman–Crippen LogP) is 3.25. The van der Waals surface area contributed by atoms with Crippen LogP contribution < -0.4 is 16.5 Å². The van der Waals surface area contributed by atoms with Crippen LogP contribution in [0.3, 0.4) is 0 Å². The number of amides is 3. The number of hydroxylamine groups is 1. The Morgan fingerprint density at radius 1 is 1.03 bits per heavy atom. The topological polar surface area (TPSA) is 154 Å². The number of nitrogens with two attached hydrogens (primary N) is 1. The summed E-state index contributed by atoms with van der Waals surface area (Å²) in [6, 6.07) is 14.9. The minimum atomic E-state index is -0.965. The Hall–Kier alpha value is -3.08. The van der Waals surface area contributed by atoms with E-state index in [1.165, 1.54) is 11.8 Å². The van der Waals surface area contributed by atoms with E-state index in [-0.39, 0.29) is 23.8 Å². The SMILES string of the molecule is CC(C)C[C@@H](C(=O)N[C@@H](Cc1ccccc1)C(N)=O)[C@H](CSC/C(=N/O)c1ccc(Cl)cc1)C(=O)NO. The van der Waals surface area contributed by atoms with Gasteiger partial charge >= 0.3 is 0 Å². The summed E-state index contributed by atoms with van der Waals surface area (Å²) in [5.74, 6) is -3.26. The lowest BCUT2D eigenvalue weighted by Gasteiger charge is -2.28. The quantitative estimate of drug-likeness (QED) is 0.106. The van der Waals surface area contributed by atoms with E-state index in [2.05, 4.69) is 10.5 Å². The zero-order valence-electron chi connectivity index (χ0n) is 20.8. The van der Waals surface area contributed by atoms with Gasteiger partial charge in [-0.25, -0.2) is 5.48 Å². The lowest BCUT2D eigenvalue weighted by Crippen LogP contribution is -2.51. The second-order valence-corrected chi connectivity index (χ2v) is 10.5. The smallest absolute Gasteiger partial charge is 0.248 e. The average Bonchev–Trinajstić information content (AvgIpc) is 2.88. The summed E-state index contributed by atoms with van der Waals surface area (Å²) in [6.07, 6.45) is 0.540. The van der Waals surface area contributed by atoms with E-state index < -0.39 is 35.6 Å². The van der Waals surface area contributed by atoms with Crippen molar-refractivity contribution in [2.24, 2.45) is 28.6 Å². The number of nitrogens with zero attached hydrogens (tertiary/aromatic N) is 1. The Morgan fingerprint density at radius 2 is 1.68 bits per heavy atom. The first kappa shape index (κ1) is 30.1. The summed E-state index contributed by atoms with van der Waals surface area (Å²) < 4.78 is 0. The van der Waals surface area contributed by atoms with Gasteiger partial charge in [-0.15, -0.1) is 0 Å². The Bertz CT molecular complexity index is 1070. The Morgan fingerprint density at radius 3 is 2.22 bits per heavy atom. The number of thioether (sulfide) groups is 1. The highest BCUT2D eigenvalue weighted by molar-refractivity contribution is 8.00. The highest BCUT2D eigenvalue weighted by Gasteiger charge is 2.36. The molecule has 0 aromatic heterocycles. The van der Waals surface area contributed by atoms with Gasteiger partial charge in [0.05, 0.1) is 17.5 Å². The summed E-state index contributed by atoms with van der Waals surface area (Å²) in [6.45, 7) is 3.82. The lowest BCUT2D eigenvalue weighted by atomic mass is 9.84. The number of halogens is 1. The van der Waals surface area contributed by atoms with Crippen LogP contribution in [0.2, 0.25) is 5.02 Å². The van der Waals surface area contributed by atoms with Gasteiger partial charge in [0, 0.05) is 28.5 Å².